The molecule has 108 valence electrons. The molecule has 2 aromatic rings. The van der Waals surface area contributed by atoms with E-state index in [9.17, 15) is 0 Å². The molecule has 0 aliphatic heterocycles. The number of nitrogens with zero attached hydrogens (tertiary/aromatic N) is 5. The molecule has 0 amide bonds. The highest BCUT2D eigenvalue weighted by atomic mass is 32.2. The molecule has 2 rings (SSSR count). The van der Waals surface area contributed by atoms with Crippen LogP contribution in [0.2, 0.25) is 0 Å². The van der Waals surface area contributed by atoms with E-state index in [1.165, 1.54) is 0 Å². The molecule has 0 radical (unpaired) electrons. The first-order chi connectivity index (χ1) is 9.72. The molecule has 0 spiro atoms. The minimum Gasteiger partial charge on any atom is -0.354 e. The van der Waals surface area contributed by atoms with E-state index in [0.29, 0.717) is 23.8 Å². The second-order valence-corrected chi connectivity index (χ2v) is 5.23. The van der Waals surface area contributed by atoms with Gasteiger partial charge in [-0.2, -0.15) is 31.8 Å². The molecule has 0 saturated heterocycles. The smallest absolute Gasteiger partial charge is 0.257 e. The third-order valence-corrected chi connectivity index (χ3v) is 3.42. The molecule has 20 heavy (non-hydrogen) atoms. The lowest BCUT2D eigenvalue weighted by atomic mass is 10.2. The Hall–Kier alpha value is -1.87. The molecule has 0 aliphatic rings. The Kier molecular flexibility index (Phi) is 5.13. The van der Waals surface area contributed by atoms with Crippen LogP contribution >= 0.6 is 11.8 Å². The monoisotopic (exact) mass is 294 g/mol. The topological polar surface area (TPSA) is 107 Å². The summed E-state index contributed by atoms with van der Waals surface area (Å²) in [5.74, 6) is 8.16. The number of nitrogens with one attached hydrogen (secondary N) is 2. The summed E-state index contributed by atoms with van der Waals surface area (Å²) in [7, 11) is 0. The van der Waals surface area contributed by atoms with Crippen molar-refractivity contribution in [3.63, 3.8) is 0 Å². The lowest BCUT2D eigenvalue weighted by Crippen LogP contribution is -2.19. The van der Waals surface area contributed by atoms with Crippen molar-refractivity contribution in [1.29, 1.82) is 0 Å². The summed E-state index contributed by atoms with van der Waals surface area (Å²) in [5, 5.41) is 7.29. The molecule has 8 nitrogen and oxygen atoms in total. The molecule has 4 N–H and O–H groups in total. The number of hydrazine groups is 1. The van der Waals surface area contributed by atoms with E-state index in [4.69, 9.17) is 5.84 Å². The van der Waals surface area contributed by atoms with Gasteiger partial charge < -0.3 is 5.32 Å². The minimum atomic E-state index is 0.297. The van der Waals surface area contributed by atoms with Crippen LogP contribution in [0.3, 0.4) is 0 Å². The lowest BCUT2D eigenvalue weighted by molar-refractivity contribution is 0.694. The van der Waals surface area contributed by atoms with Gasteiger partial charge in [0.2, 0.25) is 11.9 Å². The lowest BCUT2D eigenvalue weighted by Gasteiger charge is -2.12. The average Bonchev–Trinajstić information content (AvgIpc) is 2.99. The van der Waals surface area contributed by atoms with Crippen molar-refractivity contribution in [3.05, 3.63) is 18.5 Å². The van der Waals surface area contributed by atoms with Crippen LogP contribution in [0, 0.1) is 5.92 Å². The Morgan fingerprint density at radius 1 is 1.35 bits per heavy atom. The second-order valence-electron chi connectivity index (χ2n) is 4.32. The van der Waals surface area contributed by atoms with Gasteiger partial charge in [0.05, 0.1) is 0 Å². The third kappa shape index (κ3) is 3.81. The van der Waals surface area contributed by atoms with Crippen LogP contribution < -0.4 is 16.6 Å². The van der Waals surface area contributed by atoms with Crippen molar-refractivity contribution in [2.45, 2.75) is 6.92 Å². The van der Waals surface area contributed by atoms with Gasteiger partial charge in [0.25, 0.3) is 5.95 Å². The van der Waals surface area contributed by atoms with Gasteiger partial charge in [-0.15, -0.1) is 0 Å². The Balaban J connectivity index is 2.14. The van der Waals surface area contributed by atoms with Crippen molar-refractivity contribution in [3.8, 4) is 5.95 Å². The number of nitrogens with two attached hydrogens (primary N) is 1. The normalized spacial score (nSPS) is 12.2. The van der Waals surface area contributed by atoms with Crippen molar-refractivity contribution in [1.82, 2.24) is 24.7 Å². The summed E-state index contributed by atoms with van der Waals surface area (Å²) in [6, 6.07) is 1.80. The number of rotatable bonds is 7. The summed E-state index contributed by atoms with van der Waals surface area (Å²) < 4.78 is 1.55. The summed E-state index contributed by atoms with van der Waals surface area (Å²) in [4.78, 5) is 12.7. The van der Waals surface area contributed by atoms with E-state index in [-0.39, 0.29) is 0 Å². The highest BCUT2D eigenvalue weighted by Gasteiger charge is 2.09. The van der Waals surface area contributed by atoms with Gasteiger partial charge >= 0.3 is 0 Å². The highest BCUT2D eigenvalue weighted by molar-refractivity contribution is 7.98. The van der Waals surface area contributed by atoms with Crippen LogP contribution in [0.4, 0.5) is 11.9 Å². The summed E-state index contributed by atoms with van der Waals surface area (Å²) in [6.45, 7) is 2.95. The predicted molar refractivity (Wildman–Crippen MR) is 80.8 cm³/mol. The van der Waals surface area contributed by atoms with Crippen LogP contribution in [0.25, 0.3) is 5.95 Å². The maximum Gasteiger partial charge on any atom is 0.257 e. The van der Waals surface area contributed by atoms with Crippen LogP contribution in [-0.2, 0) is 0 Å². The maximum absolute atomic E-state index is 5.38. The van der Waals surface area contributed by atoms with E-state index < -0.39 is 0 Å². The third-order valence-electron chi connectivity index (χ3n) is 2.52. The van der Waals surface area contributed by atoms with Crippen LogP contribution in [0.1, 0.15) is 6.92 Å². The van der Waals surface area contributed by atoms with E-state index >= 15 is 0 Å². The van der Waals surface area contributed by atoms with Gasteiger partial charge in [0.1, 0.15) is 0 Å². The van der Waals surface area contributed by atoms with Crippen LogP contribution in [0.15, 0.2) is 18.5 Å². The van der Waals surface area contributed by atoms with Gasteiger partial charge in [-0.1, -0.05) is 6.92 Å². The summed E-state index contributed by atoms with van der Waals surface area (Å²) in [5.41, 5.74) is 2.44. The van der Waals surface area contributed by atoms with Crippen LogP contribution in [-0.4, -0.2) is 43.3 Å². The molecule has 0 saturated carbocycles. The number of nitrogen functional groups attached to an aromatic ring is 1. The molecular formula is C11H18N8S. The van der Waals surface area contributed by atoms with Crippen molar-refractivity contribution in [2.75, 3.05) is 29.3 Å². The quantitative estimate of drug-likeness (QED) is 0.507. The maximum atomic E-state index is 5.38. The molecule has 0 fully saturated rings. The van der Waals surface area contributed by atoms with Gasteiger partial charge in [-0.25, -0.2) is 10.5 Å². The SMILES string of the molecule is CSCC(C)CNc1nc(NN)nc(-n2cccn2)n1. The van der Waals surface area contributed by atoms with Crippen molar-refractivity contribution in [2.24, 2.45) is 11.8 Å². The summed E-state index contributed by atoms with van der Waals surface area (Å²) >= 11 is 1.81. The number of anilines is 2. The van der Waals surface area contributed by atoms with E-state index in [0.717, 1.165) is 12.3 Å². The highest BCUT2D eigenvalue weighted by Crippen LogP contribution is 2.10. The molecule has 2 heterocycles. The van der Waals surface area contributed by atoms with Crippen molar-refractivity contribution < 1.29 is 0 Å². The largest absolute Gasteiger partial charge is 0.354 e. The number of thioether (sulfide) groups is 1. The second kappa shape index (κ2) is 7.06. The Labute approximate surface area is 121 Å². The zero-order valence-corrected chi connectivity index (χ0v) is 12.3. The molecular weight excluding hydrogens is 276 g/mol. The Morgan fingerprint density at radius 3 is 2.80 bits per heavy atom. The van der Waals surface area contributed by atoms with Crippen molar-refractivity contribution >= 4 is 23.7 Å². The van der Waals surface area contributed by atoms with Gasteiger partial charge in [-0.05, 0) is 24.0 Å². The minimum absolute atomic E-state index is 0.297. The molecule has 0 aliphatic carbocycles. The van der Waals surface area contributed by atoms with E-state index in [1.54, 1.807) is 23.1 Å². The predicted octanol–water partition coefficient (Wildman–Crippen LogP) is 0.754. The number of hydrogen-bond acceptors (Lipinski definition) is 8. The zero-order chi connectivity index (χ0) is 14.4. The zero-order valence-electron chi connectivity index (χ0n) is 11.4. The Bertz CT molecular complexity index is 529. The molecule has 1 unspecified atom stereocenters. The number of aromatic nitrogens is 5. The van der Waals surface area contributed by atoms with E-state index in [1.807, 2.05) is 11.8 Å². The van der Waals surface area contributed by atoms with E-state index in [2.05, 4.69) is 44.0 Å². The molecule has 2 aromatic heterocycles. The fourth-order valence-corrected chi connectivity index (χ4v) is 2.29. The molecule has 9 heteroatoms. The van der Waals surface area contributed by atoms with Gasteiger partial charge in [0.15, 0.2) is 0 Å². The molecule has 0 aromatic carbocycles. The molecule has 1 atom stereocenters. The first-order valence-corrected chi connectivity index (χ1v) is 7.58. The van der Waals surface area contributed by atoms with Gasteiger partial charge in [0, 0.05) is 18.9 Å². The fourth-order valence-electron chi connectivity index (χ4n) is 1.61. The van der Waals surface area contributed by atoms with Crippen LogP contribution in [0.5, 0.6) is 0 Å². The first-order valence-electron chi connectivity index (χ1n) is 6.18. The molecule has 0 bridgehead atoms. The average molecular weight is 294 g/mol. The standard InChI is InChI=1S/C11H18N8S/c1-8(7-20-2)6-13-9-15-10(18-12)17-11(16-9)19-5-3-4-14-19/h3-5,8H,6-7,12H2,1-2H3,(H2,13,15,16,17,18). The Morgan fingerprint density at radius 2 is 2.15 bits per heavy atom. The van der Waals surface area contributed by atoms with Gasteiger partial charge in [-0.3, -0.25) is 5.43 Å². The number of hydrogen-bond donors (Lipinski definition) is 3. The fraction of sp³-hybridized carbons (Fsp3) is 0.455. The first kappa shape index (κ1) is 14.5. The summed E-state index contributed by atoms with van der Waals surface area (Å²) in [6.07, 6.45) is 5.51.